The molecule has 1 atom stereocenters. The summed E-state index contributed by atoms with van der Waals surface area (Å²) >= 11 is 0. The number of rotatable bonds is 6. The van der Waals surface area contributed by atoms with Crippen molar-refractivity contribution in [2.24, 2.45) is 0 Å². The van der Waals surface area contributed by atoms with Gasteiger partial charge >= 0.3 is 6.17 Å². The highest BCUT2D eigenvalue weighted by atomic mass is 19.3. The quantitative estimate of drug-likeness (QED) is 0.393. The summed E-state index contributed by atoms with van der Waals surface area (Å²) in [6.07, 6.45) is -0.698. The molecule has 1 aliphatic rings. The van der Waals surface area contributed by atoms with Crippen LogP contribution in [-0.4, -0.2) is 47.3 Å². The van der Waals surface area contributed by atoms with Crippen molar-refractivity contribution in [2.45, 2.75) is 31.4 Å². The van der Waals surface area contributed by atoms with Gasteiger partial charge < -0.3 is 4.74 Å². The molecule has 3 aromatic rings. The highest BCUT2D eigenvalue weighted by molar-refractivity contribution is 6.08. The average molecular weight is 449 g/mol. The van der Waals surface area contributed by atoms with Crippen molar-refractivity contribution in [1.29, 1.82) is 0 Å². The summed E-state index contributed by atoms with van der Waals surface area (Å²) in [4.78, 5) is 33.8. The number of likely N-dealkylation sites (tertiary alicyclic amines) is 1. The van der Waals surface area contributed by atoms with E-state index in [9.17, 15) is 18.4 Å². The van der Waals surface area contributed by atoms with Gasteiger partial charge in [-0.15, -0.1) is 0 Å². The van der Waals surface area contributed by atoms with Gasteiger partial charge in [0.2, 0.25) is 5.91 Å². The second-order valence-corrected chi connectivity index (χ2v) is 7.93. The van der Waals surface area contributed by atoms with Crippen LogP contribution in [0.5, 0.6) is 5.75 Å². The van der Waals surface area contributed by atoms with Crippen molar-refractivity contribution in [3.8, 4) is 16.9 Å². The first-order valence-electron chi connectivity index (χ1n) is 10.4. The minimum absolute atomic E-state index is 0.141. The Morgan fingerprint density at radius 2 is 1.88 bits per heavy atom. The summed E-state index contributed by atoms with van der Waals surface area (Å²) in [6, 6.07) is 14.7. The number of fused-ring (bicyclic) bond motifs is 1. The third kappa shape index (κ3) is 4.67. The van der Waals surface area contributed by atoms with Crippen LogP contribution in [0.15, 0.2) is 54.7 Å². The number of amides is 1. The van der Waals surface area contributed by atoms with Gasteiger partial charge in [0.1, 0.15) is 12.2 Å². The number of alkyl halides is 2. The molecule has 0 aliphatic carbocycles. The van der Waals surface area contributed by atoms with Gasteiger partial charge in [0, 0.05) is 30.0 Å². The van der Waals surface area contributed by atoms with Crippen LogP contribution in [0.2, 0.25) is 0 Å². The molecular weight excluding hydrogens is 428 g/mol. The molecule has 0 unspecified atom stereocenters. The molecule has 1 saturated heterocycles. The van der Waals surface area contributed by atoms with Crippen LogP contribution in [0.4, 0.5) is 8.78 Å². The molecule has 8 heteroatoms. The largest absolute Gasteiger partial charge is 0.497 e. The molecule has 6 nitrogen and oxygen atoms in total. The smallest absolute Gasteiger partial charge is 0.306 e. The van der Waals surface area contributed by atoms with Crippen LogP contribution in [-0.2, 0) is 4.79 Å². The first kappa shape index (κ1) is 22.3. The molecule has 1 amide bonds. The maximum absolute atomic E-state index is 13.6. The second-order valence-electron chi connectivity index (χ2n) is 7.93. The first-order chi connectivity index (χ1) is 15.8. The van der Waals surface area contributed by atoms with Crippen LogP contribution in [0, 0.1) is 6.57 Å². The molecular formula is C25H21F2N3O3. The van der Waals surface area contributed by atoms with Gasteiger partial charge in [-0.2, -0.15) is 0 Å². The fraction of sp³-hybridized carbons (Fsp3) is 0.280. The molecule has 1 aliphatic heterocycles. The maximum Gasteiger partial charge on any atom is 0.306 e. The van der Waals surface area contributed by atoms with Crippen molar-refractivity contribution in [3.05, 3.63) is 71.7 Å². The van der Waals surface area contributed by atoms with E-state index in [-0.39, 0.29) is 18.6 Å². The number of halogens is 2. The number of ketones is 1. The van der Waals surface area contributed by atoms with Crippen molar-refractivity contribution in [3.63, 3.8) is 0 Å². The van der Waals surface area contributed by atoms with Crippen molar-refractivity contribution >= 4 is 22.6 Å². The molecule has 1 fully saturated rings. The summed E-state index contributed by atoms with van der Waals surface area (Å²) in [6.45, 7) is 6.29. The van der Waals surface area contributed by atoms with Gasteiger partial charge in [-0.1, -0.05) is 18.2 Å². The Hall–Kier alpha value is -3.86. The van der Waals surface area contributed by atoms with E-state index in [1.54, 1.807) is 13.2 Å². The zero-order chi connectivity index (χ0) is 23.6. The minimum atomic E-state index is -3.08. The molecule has 1 aromatic heterocycles. The standard InChI is InChI=1S/C25H21F2N3O3/c1-28-23-14-25(26,27)15-30(23)24(32)10-9-22(31)19-11-12-29-21-8-5-17(13-20(19)21)16-3-6-18(33-2)7-4-16/h3-8,11-13,23H,9-10,14-15H2,2H3/t23-/m0/s1. The SMILES string of the molecule is [C-]#[N+][C@@H]1CC(F)(F)CN1C(=O)CCC(=O)c1ccnc2ccc(-c3ccc(OC)cc3)cc12. The Labute approximate surface area is 189 Å². The van der Waals surface area contributed by atoms with Gasteiger partial charge in [-0.05, 0) is 41.5 Å². The molecule has 168 valence electrons. The maximum atomic E-state index is 13.6. The Bertz CT molecular complexity index is 1250. The Balaban J connectivity index is 1.54. The average Bonchev–Trinajstić information content (AvgIpc) is 3.16. The van der Waals surface area contributed by atoms with Crippen LogP contribution < -0.4 is 4.74 Å². The topological polar surface area (TPSA) is 63.9 Å². The van der Waals surface area contributed by atoms with E-state index in [4.69, 9.17) is 11.3 Å². The van der Waals surface area contributed by atoms with E-state index in [1.807, 2.05) is 42.5 Å². The summed E-state index contributed by atoms with van der Waals surface area (Å²) in [5, 5.41) is 0.648. The minimum Gasteiger partial charge on any atom is -0.497 e. The third-order valence-electron chi connectivity index (χ3n) is 5.74. The molecule has 0 N–H and O–H groups in total. The van der Waals surface area contributed by atoms with Gasteiger partial charge in [0.25, 0.3) is 5.92 Å². The number of aromatic nitrogens is 1. The number of nitrogens with zero attached hydrogens (tertiary/aromatic N) is 3. The van der Waals surface area contributed by atoms with E-state index >= 15 is 0 Å². The lowest BCUT2D eigenvalue weighted by molar-refractivity contribution is -0.132. The number of hydrogen-bond donors (Lipinski definition) is 0. The zero-order valence-electron chi connectivity index (χ0n) is 17.9. The fourth-order valence-electron chi connectivity index (χ4n) is 4.02. The summed E-state index contributed by atoms with van der Waals surface area (Å²) < 4.78 is 32.5. The molecule has 0 radical (unpaired) electrons. The van der Waals surface area contributed by atoms with E-state index < -0.39 is 31.0 Å². The van der Waals surface area contributed by atoms with Gasteiger partial charge in [-0.3, -0.25) is 24.3 Å². The van der Waals surface area contributed by atoms with Crippen molar-refractivity contribution < 1.29 is 23.1 Å². The zero-order valence-corrected chi connectivity index (χ0v) is 17.9. The van der Waals surface area contributed by atoms with Crippen LogP contribution in [0.1, 0.15) is 29.6 Å². The fourth-order valence-corrected chi connectivity index (χ4v) is 4.02. The molecule has 0 spiro atoms. The van der Waals surface area contributed by atoms with Gasteiger partial charge in [0.05, 0.1) is 19.2 Å². The summed E-state index contributed by atoms with van der Waals surface area (Å²) in [7, 11) is 1.59. The lowest BCUT2D eigenvalue weighted by Gasteiger charge is -2.16. The Kier molecular flexibility index (Phi) is 6.05. The van der Waals surface area contributed by atoms with E-state index in [0.29, 0.717) is 16.5 Å². The predicted octanol–water partition coefficient (Wildman–Crippen LogP) is 4.99. The monoisotopic (exact) mass is 449 g/mol. The third-order valence-corrected chi connectivity index (χ3v) is 5.74. The van der Waals surface area contributed by atoms with Crippen LogP contribution in [0.25, 0.3) is 26.9 Å². The second kappa shape index (κ2) is 8.94. The number of pyridine rings is 1. The number of Topliss-reactive ketones (excluding diaryl/α,β-unsaturated/α-hetero) is 1. The number of hydrogen-bond acceptors (Lipinski definition) is 4. The van der Waals surface area contributed by atoms with Crippen LogP contribution >= 0.6 is 0 Å². The molecule has 0 bridgehead atoms. The van der Waals surface area contributed by atoms with E-state index in [2.05, 4.69) is 9.83 Å². The Morgan fingerprint density at radius 3 is 2.58 bits per heavy atom. The Morgan fingerprint density at radius 1 is 1.15 bits per heavy atom. The lowest BCUT2D eigenvalue weighted by atomic mass is 9.97. The molecule has 2 heterocycles. The molecule has 0 saturated carbocycles. The lowest BCUT2D eigenvalue weighted by Crippen LogP contribution is -2.35. The van der Waals surface area contributed by atoms with Gasteiger partial charge in [0.15, 0.2) is 5.78 Å². The first-order valence-corrected chi connectivity index (χ1v) is 10.4. The number of ether oxygens (including phenoxy) is 1. The molecule has 33 heavy (non-hydrogen) atoms. The predicted molar refractivity (Wildman–Crippen MR) is 119 cm³/mol. The summed E-state index contributed by atoms with van der Waals surface area (Å²) in [5.41, 5.74) is 2.88. The van der Waals surface area contributed by atoms with Gasteiger partial charge in [-0.25, -0.2) is 15.4 Å². The van der Waals surface area contributed by atoms with E-state index in [0.717, 1.165) is 21.8 Å². The number of benzene rings is 2. The summed E-state index contributed by atoms with van der Waals surface area (Å²) in [5.74, 6) is -3.24. The van der Waals surface area contributed by atoms with Crippen LogP contribution in [0.3, 0.4) is 0 Å². The van der Waals surface area contributed by atoms with Crippen molar-refractivity contribution in [1.82, 2.24) is 9.88 Å². The number of methoxy groups -OCH3 is 1. The number of carbonyl (C=O) groups excluding carboxylic acids is 2. The normalized spacial score (nSPS) is 17.0. The highest BCUT2D eigenvalue weighted by Gasteiger charge is 2.50. The number of carbonyl (C=O) groups is 2. The molecule has 2 aromatic carbocycles. The highest BCUT2D eigenvalue weighted by Crippen LogP contribution is 2.33. The van der Waals surface area contributed by atoms with Crippen molar-refractivity contribution in [2.75, 3.05) is 13.7 Å². The van der Waals surface area contributed by atoms with E-state index in [1.165, 1.54) is 6.20 Å². The molecule has 4 rings (SSSR count).